The number of benzene rings is 1. The summed E-state index contributed by atoms with van der Waals surface area (Å²) < 4.78 is 11.4. The normalized spacial score (nSPS) is 12.5. The van der Waals surface area contributed by atoms with Gasteiger partial charge in [0.15, 0.2) is 0 Å². The highest BCUT2D eigenvalue weighted by Gasteiger charge is 2.35. The van der Waals surface area contributed by atoms with Crippen LogP contribution < -0.4 is 5.32 Å². The molecule has 41 heavy (non-hydrogen) atoms. The van der Waals surface area contributed by atoms with Crippen LogP contribution in [0.1, 0.15) is 40.1 Å². The molecule has 5 aromatic rings. The third-order valence-corrected chi connectivity index (χ3v) is 6.32. The number of pyridine rings is 2. The second-order valence-electron chi connectivity index (χ2n) is 9.73. The summed E-state index contributed by atoms with van der Waals surface area (Å²) >= 11 is 0. The summed E-state index contributed by atoms with van der Waals surface area (Å²) in [6.07, 6.45) is 1.88. The van der Waals surface area contributed by atoms with Crippen LogP contribution in [0.3, 0.4) is 0 Å². The first kappa shape index (κ1) is 27.2. The zero-order valence-electron chi connectivity index (χ0n) is 22.6. The summed E-state index contributed by atoms with van der Waals surface area (Å²) in [5, 5.41) is 20.4. The van der Waals surface area contributed by atoms with Crippen molar-refractivity contribution in [3.05, 3.63) is 102 Å². The molecule has 5 rings (SSSR count). The van der Waals surface area contributed by atoms with Gasteiger partial charge in [-0.25, -0.2) is 14.8 Å². The standard InChI is InChI=1S/C29H27N7O5/c1-18-8-7-11-21(31-18)17-36(3)26(37)20-14-22(24-30-12-13-40-24)32-23(15-20)25-34-35-27(41-25)29(2,33-28(38)39)16-19-9-5-4-6-10-19/h4-15,33H,16-17H2,1-3H3,(H,38,39)/t29-/m1/s1. The number of carbonyl (C=O) groups excluding carboxylic acids is 1. The van der Waals surface area contributed by atoms with Crippen LogP contribution in [-0.2, 0) is 18.5 Å². The van der Waals surface area contributed by atoms with Crippen molar-refractivity contribution in [2.24, 2.45) is 0 Å². The molecule has 0 radical (unpaired) electrons. The van der Waals surface area contributed by atoms with E-state index in [4.69, 9.17) is 8.83 Å². The Morgan fingerprint density at radius 2 is 1.76 bits per heavy atom. The Balaban J connectivity index is 1.50. The van der Waals surface area contributed by atoms with Crippen LogP contribution in [0.4, 0.5) is 4.79 Å². The van der Waals surface area contributed by atoms with Gasteiger partial charge in [0.25, 0.3) is 11.8 Å². The molecule has 0 aliphatic rings. The highest BCUT2D eigenvalue weighted by Crippen LogP contribution is 2.29. The molecule has 0 bridgehead atoms. The van der Waals surface area contributed by atoms with Gasteiger partial charge in [-0.3, -0.25) is 9.78 Å². The van der Waals surface area contributed by atoms with E-state index in [-0.39, 0.29) is 53.5 Å². The van der Waals surface area contributed by atoms with E-state index >= 15 is 0 Å². The summed E-state index contributed by atoms with van der Waals surface area (Å²) in [5.74, 6) is -0.0643. The summed E-state index contributed by atoms with van der Waals surface area (Å²) in [6.45, 7) is 3.83. The van der Waals surface area contributed by atoms with Gasteiger partial charge in [0, 0.05) is 24.7 Å². The average Bonchev–Trinajstić information content (AvgIpc) is 3.66. The lowest BCUT2D eigenvalue weighted by Crippen LogP contribution is -2.44. The maximum atomic E-state index is 13.5. The molecule has 0 fully saturated rings. The van der Waals surface area contributed by atoms with Crippen LogP contribution in [0.5, 0.6) is 0 Å². The smallest absolute Gasteiger partial charge is 0.405 e. The number of nitrogens with one attached hydrogen (secondary N) is 1. The minimum absolute atomic E-state index is 0.00284. The van der Waals surface area contributed by atoms with E-state index in [9.17, 15) is 14.7 Å². The molecule has 4 aromatic heterocycles. The van der Waals surface area contributed by atoms with Gasteiger partial charge in [0.2, 0.25) is 11.8 Å². The molecule has 12 nitrogen and oxygen atoms in total. The Hall–Kier alpha value is -5.39. The Morgan fingerprint density at radius 1 is 1.00 bits per heavy atom. The first-order valence-electron chi connectivity index (χ1n) is 12.7. The largest absolute Gasteiger partial charge is 0.465 e. The minimum atomic E-state index is -1.24. The van der Waals surface area contributed by atoms with Crippen molar-refractivity contribution in [3.8, 4) is 23.2 Å². The fourth-order valence-electron chi connectivity index (χ4n) is 4.41. The lowest BCUT2D eigenvalue weighted by atomic mass is 9.93. The van der Waals surface area contributed by atoms with E-state index in [1.54, 1.807) is 20.0 Å². The monoisotopic (exact) mass is 553 g/mol. The molecule has 1 aromatic carbocycles. The van der Waals surface area contributed by atoms with Crippen LogP contribution in [0.2, 0.25) is 0 Å². The molecular formula is C29H27N7O5. The number of carbonyl (C=O) groups is 2. The molecule has 2 N–H and O–H groups in total. The Labute approximate surface area is 235 Å². The van der Waals surface area contributed by atoms with Crippen LogP contribution in [0.15, 0.2) is 82.0 Å². The molecule has 2 amide bonds. The second kappa shape index (κ2) is 11.4. The maximum Gasteiger partial charge on any atom is 0.405 e. The average molecular weight is 554 g/mol. The predicted octanol–water partition coefficient (Wildman–Crippen LogP) is 4.49. The molecule has 12 heteroatoms. The fraction of sp³-hybridized carbons (Fsp3) is 0.207. The minimum Gasteiger partial charge on any atom is -0.465 e. The molecule has 0 spiro atoms. The van der Waals surface area contributed by atoms with Gasteiger partial charge in [0.1, 0.15) is 23.2 Å². The van der Waals surface area contributed by atoms with Crippen LogP contribution >= 0.6 is 0 Å². The first-order valence-corrected chi connectivity index (χ1v) is 12.7. The number of hydrogen-bond acceptors (Lipinski definition) is 9. The van der Waals surface area contributed by atoms with Crippen molar-refractivity contribution >= 4 is 12.0 Å². The number of aryl methyl sites for hydroxylation is 1. The number of aromatic nitrogens is 5. The van der Waals surface area contributed by atoms with Gasteiger partial charge in [0.05, 0.1) is 18.4 Å². The Morgan fingerprint density at radius 3 is 2.44 bits per heavy atom. The van der Waals surface area contributed by atoms with Gasteiger partial charge in [-0.1, -0.05) is 36.4 Å². The van der Waals surface area contributed by atoms with Gasteiger partial charge < -0.3 is 24.2 Å². The molecule has 0 unspecified atom stereocenters. The number of carboxylic acid groups (broad SMARTS) is 1. The van der Waals surface area contributed by atoms with Gasteiger partial charge in [-0.15, -0.1) is 10.2 Å². The summed E-state index contributed by atoms with van der Waals surface area (Å²) in [7, 11) is 1.68. The summed E-state index contributed by atoms with van der Waals surface area (Å²) in [6, 6.07) is 18.1. The highest BCUT2D eigenvalue weighted by atomic mass is 16.4. The van der Waals surface area contributed by atoms with Gasteiger partial charge >= 0.3 is 6.09 Å². The van der Waals surface area contributed by atoms with E-state index in [0.717, 1.165) is 17.0 Å². The molecular weight excluding hydrogens is 526 g/mol. The topological polar surface area (TPSA) is 160 Å². The van der Waals surface area contributed by atoms with Crippen LogP contribution in [-0.4, -0.2) is 54.2 Å². The molecule has 208 valence electrons. The SMILES string of the molecule is Cc1cccc(CN(C)C(=O)c2cc(-c3ncco3)nc(-c3nnc([C@@](C)(Cc4ccccc4)NC(=O)O)o3)c2)n1. The number of rotatable bonds is 9. The van der Waals surface area contributed by atoms with Crippen LogP contribution in [0.25, 0.3) is 23.2 Å². The zero-order chi connectivity index (χ0) is 29.0. The van der Waals surface area contributed by atoms with Gasteiger partial charge in [-0.05, 0) is 43.7 Å². The Kier molecular flexibility index (Phi) is 7.55. The van der Waals surface area contributed by atoms with E-state index in [2.05, 4.69) is 30.5 Å². The third-order valence-electron chi connectivity index (χ3n) is 6.32. The fourth-order valence-corrected chi connectivity index (χ4v) is 4.41. The molecule has 1 atom stereocenters. The van der Waals surface area contributed by atoms with Crippen molar-refractivity contribution in [3.63, 3.8) is 0 Å². The van der Waals surface area contributed by atoms with Crippen LogP contribution in [0, 0.1) is 6.92 Å². The summed E-state index contributed by atoms with van der Waals surface area (Å²) in [4.78, 5) is 39.9. The van der Waals surface area contributed by atoms with Crippen molar-refractivity contribution in [1.29, 1.82) is 0 Å². The molecule has 0 aliphatic heterocycles. The lowest BCUT2D eigenvalue weighted by molar-refractivity contribution is 0.0783. The van der Waals surface area contributed by atoms with Crippen molar-refractivity contribution in [2.75, 3.05) is 7.05 Å². The molecule has 0 saturated carbocycles. The maximum absolute atomic E-state index is 13.5. The van der Waals surface area contributed by atoms with Crippen molar-refractivity contribution in [1.82, 2.24) is 35.4 Å². The number of nitrogens with zero attached hydrogens (tertiary/aromatic N) is 6. The predicted molar refractivity (Wildman–Crippen MR) is 146 cm³/mol. The van der Waals surface area contributed by atoms with Gasteiger partial charge in [-0.2, -0.15) is 0 Å². The van der Waals surface area contributed by atoms with E-state index < -0.39 is 11.6 Å². The van der Waals surface area contributed by atoms with Crippen molar-refractivity contribution < 1.29 is 23.5 Å². The number of amides is 2. The number of oxazole rings is 1. The number of hydrogen-bond donors (Lipinski definition) is 2. The highest BCUT2D eigenvalue weighted by molar-refractivity contribution is 5.95. The zero-order valence-corrected chi connectivity index (χ0v) is 22.6. The van der Waals surface area contributed by atoms with E-state index in [1.165, 1.54) is 23.4 Å². The molecule has 0 aliphatic carbocycles. The van der Waals surface area contributed by atoms with E-state index in [1.807, 2.05) is 55.5 Å². The lowest BCUT2D eigenvalue weighted by Gasteiger charge is -2.25. The molecule has 4 heterocycles. The Bertz CT molecular complexity index is 1670. The molecule has 0 saturated heterocycles. The quantitative estimate of drug-likeness (QED) is 0.266. The first-order chi connectivity index (χ1) is 19.7. The van der Waals surface area contributed by atoms with Crippen molar-refractivity contribution in [2.45, 2.75) is 32.4 Å². The second-order valence-corrected chi connectivity index (χ2v) is 9.73. The summed E-state index contributed by atoms with van der Waals surface area (Å²) in [5.41, 5.74) is 1.99. The van der Waals surface area contributed by atoms with E-state index in [0.29, 0.717) is 0 Å². The third kappa shape index (κ3) is 6.27.